The highest BCUT2D eigenvalue weighted by Crippen LogP contribution is 2.21. The van der Waals surface area contributed by atoms with Crippen LogP contribution in [0.2, 0.25) is 0 Å². The van der Waals surface area contributed by atoms with E-state index in [1.54, 1.807) is 11.3 Å². The van der Waals surface area contributed by atoms with Gasteiger partial charge >= 0.3 is 0 Å². The zero-order valence-electron chi connectivity index (χ0n) is 8.35. The van der Waals surface area contributed by atoms with Gasteiger partial charge in [0.15, 0.2) is 0 Å². The van der Waals surface area contributed by atoms with Crippen molar-refractivity contribution in [1.29, 1.82) is 0 Å². The van der Waals surface area contributed by atoms with Gasteiger partial charge in [0.25, 0.3) is 0 Å². The summed E-state index contributed by atoms with van der Waals surface area (Å²) in [5.74, 6) is 0. The summed E-state index contributed by atoms with van der Waals surface area (Å²) in [5, 5.41) is 4.16. The van der Waals surface area contributed by atoms with Crippen LogP contribution in [0.15, 0.2) is 16.8 Å². The monoisotopic (exact) mass is 212 g/mol. The number of nitrogens with two attached hydrogens (primary N) is 1. The van der Waals surface area contributed by atoms with Crippen LogP contribution in [0, 0.1) is 0 Å². The Balaban J connectivity index is 2.00. The number of thiophene rings is 1. The third-order valence-electron chi connectivity index (χ3n) is 2.63. The van der Waals surface area contributed by atoms with Crippen LogP contribution in [0.5, 0.6) is 0 Å². The molecule has 3 nitrogen and oxygen atoms in total. The molecular weight excluding hydrogens is 196 g/mol. The summed E-state index contributed by atoms with van der Waals surface area (Å²) in [7, 11) is 2.11. The summed E-state index contributed by atoms with van der Waals surface area (Å²) in [4.78, 5) is 2.26. The molecule has 2 N–H and O–H groups in total. The molecule has 1 aromatic heterocycles. The summed E-state index contributed by atoms with van der Waals surface area (Å²) < 4.78 is 5.67. The van der Waals surface area contributed by atoms with E-state index in [1.807, 2.05) is 0 Å². The van der Waals surface area contributed by atoms with Crippen LogP contribution in [0.4, 0.5) is 0 Å². The molecule has 4 heteroatoms. The smallest absolute Gasteiger partial charge is 0.0894 e. The van der Waals surface area contributed by atoms with Crippen molar-refractivity contribution in [3.8, 4) is 0 Å². The Kier molecular flexibility index (Phi) is 3.18. The summed E-state index contributed by atoms with van der Waals surface area (Å²) in [6.07, 6.45) is 0.142. The van der Waals surface area contributed by atoms with Crippen LogP contribution in [0.1, 0.15) is 11.6 Å². The number of ether oxygens (including phenoxy) is 1. The van der Waals surface area contributed by atoms with Gasteiger partial charge in [-0.25, -0.2) is 0 Å². The topological polar surface area (TPSA) is 38.5 Å². The van der Waals surface area contributed by atoms with Gasteiger partial charge < -0.3 is 15.4 Å². The molecule has 0 saturated carbocycles. The van der Waals surface area contributed by atoms with Crippen molar-refractivity contribution in [2.45, 2.75) is 12.1 Å². The second-order valence-electron chi connectivity index (χ2n) is 3.75. The molecule has 1 aromatic rings. The summed E-state index contributed by atoms with van der Waals surface area (Å²) in [6.45, 7) is 2.73. The molecule has 0 aromatic carbocycles. The number of rotatable bonds is 2. The highest BCUT2D eigenvalue weighted by molar-refractivity contribution is 7.07. The second kappa shape index (κ2) is 4.40. The maximum atomic E-state index is 6.13. The molecule has 0 aliphatic carbocycles. The van der Waals surface area contributed by atoms with Crippen LogP contribution in [-0.4, -0.2) is 37.7 Å². The van der Waals surface area contributed by atoms with E-state index in [9.17, 15) is 0 Å². The van der Waals surface area contributed by atoms with Crippen LogP contribution in [0.25, 0.3) is 0 Å². The third-order valence-corrected chi connectivity index (χ3v) is 3.33. The van der Waals surface area contributed by atoms with Crippen LogP contribution in [0.3, 0.4) is 0 Å². The minimum atomic E-state index is 0.0176. The molecule has 1 fully saturated rings. The van der Waals surface area contributed by atoms with E-state index in [-0.39, 0.29) is 12.1 Å². The summed E-state index contributed by atoms with van der Waals surface area (Å²) in [6, 6.07) is 2.09. The fourth-order valence-corrected chi connectivity index (χ4v) is 2.41. The number of hydrogen-bond donors (Lipinski definition) is 1. The van der Waals surface area contributed by atoms with Crippen LogP contribution >= 0.6 is 11.3 Å². The number of morpholine rings is 1. The molecule has 2 atom stereocenters. The Hall–Kier alpha value is -0.420. The van der Waals surface area contributed by atoms with Crippen molar-refractivity contribution < 1.29 is 4.74 Å². The molecular formula is C10H16N2OS. The molecule has 78 valence electrons. The minimum absolute atomic E-state index is 0.0176. The largest absolute Gasteiger partial charge is 0.374 e. The predicted molar refractivity (Wildman–Crippen MR) is 58.5 cm³/mol. The molecule has 0 bridgehead atoms. The molecule has 2 heterocycles. The van der Waals surface area contributed by atoms with Crippen molar-refractivity contribution in [3.05, 3.63) is 22.4 Å². The fourth-order valence-electron chi connectivity index (χ4n) is 1.71. The van der Waals surface area contributed by atoms with Gasteiger partial charge in [0.2, 0.25) is 0 Å². The molecule has 0 amide bonds. The first-order valence-electron chi connectivity index (χ1n) is 4.85. The molecule has 14 heavy (non-hydrogen) atoms. The van der Waals surface area contributed by atoms with E-state index in [0.29, 0.717) is 0 Å². The lowest BCUT2D eigenvalue weighted by Gasteiger charge is -2.33. The molecule has 2 unspecified atom stereocenters. The number of likely N-dealkylation sites (N-methyl/N-ethyl adjacent to an activating group) is 1. The van der Waals surface area contributed by atoms with E-state index >= 15 is 0 Å². The summed E-state index contributed by atoms with van der Waals surface area (Å²) >= 11 is 1.68. The summed E-state index contributed by atoms with van der Waals surface area (Å²) in [5.41, 5.74) is 7.32. The Morgan fingerprint density at radius 2 is 2.57 bits per heavy atom. The quantitative estimate of drug-likeness (QED) is 0.797. The van der Waals surface area contributed by atoms with Gasteiger partial charge in [-0.3, -0.25) is 0 Å². The maximum absolute atomic E-state index is 6.13. The van der Waals surface area contributed by atoms with E-state index in [4.69, 9.17) is 10.5 Å². The molecule has 1 aliphatic rings. The molecule has 1 aliphatic heterocycles. The fraction of sp³-hybridized carbons (Fsp3) is 0.600. The van der Waals surface area contributed by atoms with Gasteiger partial charge in [0, 0.05) is 13.1 Å². The zero-order chi connectivity index (χ0) is 9.97. The van der Waals surface area contributed by atoms with Gasteiger partial charge in [-0.05, 0) is 29.4 Å². The first-order chi connectivity index (χ1) is 6.77. The standard InChI is InChI=1S/C10H16N2OS/c1-12-3-4-13-9(6-12)10(11)8-2-5-14-7-8/h2,5,7,9-10H,3-4,6,11H2,1H3. The molecule has 1 saturated heterocycles. The average Bonchev–Trinajstić information content (AvgIpc) is 2.69. The van der Waals surface area contributed by atoms with Crippen LogP contribution in [-0.2, 0) is 4.74 Å². The molecule has 0 radical (unpaired) electrons. The third kappa shape index (κ3) is 2.15. The van der Waals surface area contributed by atoms with Gasteiger partial charge in [-0.1, -0.05) is 0 Å². The average molecular weight is 212 g/mol. The van der Waals surface area contributed by atoms with Gasteiger partial charge in [0.1, 0.15) is 0 Å². The lowest BCUT2D eigenvalue weighted by molar-refractivity contribution is -0.0325. The van der Waals surface area contributed by atoms with Crippen molar-refractivity contribution in [1.82, 2.24) is 4.90 Å². The van der Waals surface area contributed by atoms with E-state index in [2.05, 4.69) is 28.8 Å². The lowest BCUT2D eigenvalue weighted by atomic mass is 10.0. The van der Waals surface area contributed by atoms with Crippen LogP contribution < -0.4 is 5.73 Å². The van der Waals surface area contributed by atoms with Crippen molar-refractivity contribution in [2.24, 2.45) is 5.73 Å². The van der Waals surface area contributed by atoms with Crippen molar-refractivity contribution in [2.75, 3.05) is 26.7 Å². The molecule has 2 rings (SSSR count). The Morgan fingerprint density at radius 1 is 1.71 bits per heavy atom. The highest BCUT2D eigenvalue weighted by atomic mass is 32.1. The highest BCUT2D eigenvalue weighted by Gasteiger charge is 2.25. The van der Waals surface area contributed by atoms with E-state index < -0.39 is 0 Å². The van der Waals surface area contributed by atoms with E-state index in [0.717, 1.165) is 19.7 Å². The minimum Gasteiger partial charge on any atom is -0.374 e. The maximum Gasteiger partial charge on any atom is 0.0894 e. The van der Waals surface area contributed by atoms with Gasteiger partial charge in [-0.15, -0.1) is 0 Å². The predicted octanol–water partition coefficient (Wildman–Crippen LogP) is 1.08. The van der Waals surface area contributed by atoms with E-state index in [1.165, 1.54) is 5.56 Å². The first kappa shape index (κ1) is 10.1. The van der Waals surface area contributed by atoms with Crippen molar-refractivity contribution in [3.63, 3.8) is 0 Å². The number of nitrogens with zero attached hydrogens (tertiary/aromatic N) is 1. The lowest BCUT2D eigenvalue weighted by Crippen LogP contribution is -2.45. The normalized spacial score (nSPS) is 26.3. The zero-order valence-corrected chi connectivity index (χ0v) is 9.17. The van der Waals surface area contributed by atoms with Crippen molar-refractivity contribution >= 4 is 11.3 Å². The Labute approximate surface area is 88.5 Å². The SMILES string of the molecule is CN1CCOC(C(N)c2ccsc2)C1. The first-order valence-corrected chi connectivity index (χ1v) is 5.79. The molecule has 0 spiro atoms. The van der Waals surface area contributed by atoms with Gasteiger partial charge in [0.05, 0.1) is 18.8 Å². The Morgan fingerprint density at radius 3 is 3.21 bits per heavy atom. The number of hydrogen-bond acceptors (Lipinski definition) is 4. The Bertz CT molecular complexity index is 276. The second-order valence-corrected chi connectivity index (χ2v) is 4.53. The van der Waals surface area contributed by atoms with Gasteiger partial charge in [-0.2, -0.15) is 11.3 Å².